The Balaban J connectivity index is 2.39. The van der Waals surface area contributed by atoms with Crippen molar-refractivity contribution < 1.29 is 5.11 Å². The van der Waals surface area contributed by atoms with Crippen LogP contribution < -0.4 is 11.1 Å². The molecule has 19 heavy (non-hydrogen) atoms. The first-order valence-electron chi connectivity index (χ1n) is 5.57. The van der Waals surface area contributed by atoms with Crippen molar-refractivity contribution in [2.75, 3.05) is 0 Å². The highest BCUT2D eigenvalue weighted by atomic mass is 32.2. The molecule has 7 heteroatoms. The Kier molecular flexibility index (Phi) is 3.87. The Morgan fingerprint density at radius 1 is 1.42 bits per heavy atom. The van der Waals surface area contributed by atoms with Crippen LogP contribution in [-0.2, 0) is 13.7 Å². The lowest BCUT2D eigenvalue weighted by Crippen LogP contribution is -2.33. The molecule has 0 fully saturated rings. The number of aromatic nitrogens is 3. The average molecular weight is 279 g/mol. The molecule has 0 bridgehead atoms. The molecule has 0 aliphatic rings. The van der Waals surface area contributed by atoms with Gasteiger partial charge in [0.05, 0.1) is 6.61 Å². The smallest absolute Gasteiger partial charge is 0.339 e. The van der Waals surface area contributed by atoms with Crippen LogP contribution in [0.1, 0.15) is 11.1 Å². The molecule has 0 amide bonds. The Morgan fingerprint density at radius 3 is 2.79 bits per heavy atom. The summed E-state index contributed by atoms with van der Waals surface area (Å²) >= 11 is 1.28. The summed E-state index contributed by atoms with van der Waals surface area (Å²) in [7, 11) is 1.62. The van der Waals surface area contributed by atoms with E-state index >= 15 is 0 Å². The van der Waals surface area contributed by atoms with E-state index in [9.17, 15) is 9.59 Å². The first kappa shape index (κ1) is 13.6. The van der Waals surface area contributed by atoms with Gasteiger partial charge in [-0.2, -0.15) is 4.98 Å². The highest BCUT2D eigenvalue weighted by Gasteiger charge is 2.08. The van der Waals surface area contributed by atoms with Crippen molar-refractivity contribution in [1.29, 1.82) is 0 Å². The number of aliphatic hydroxyl groups excluding tert-OH is 1. The van der Waals surface area contributed by atoms with Crippen molar-refractivity contribution in [3.05, 3.63) is 50.0 Å². The number of aliphatic hydroxyl groups is 1. The van der Waals surface area contributed by atoms with E-state index in [1.165, 1.54) is 16.4 Å². The van der Waals surface area contributed by atoms with Gasteiger partial charge in [0.1, 0.15) is 0 Å². The SMILES string of the molecule is Cc1cc(CO)ccc1Sc1nc(=O)c(=O)[nH]n1C. The first-order valence-corrected chi connectivity index (χ1v) is 6.38. The van der Waals surface area contributed by atoms with Crippen molar-refractivity contribution in [2.24, 2.45) is 7.05 Å². The number of rotatable bonds is 3. The molecule has 0 saturated carbocycles. The Morgan fingerprint density at radius 2 is 2.16 bits per heavy atom. The van der Waals surface area contributed by atoms with E-state index in [0.29, 0.717) is 5.16 Å². The average Bonchev–Trinajstić information content (AvgIpc) is 2.38. The van der Waals surface area contributed by atoms with Crippen LogP contribution in [0.4, 0.5) is 0 Å². The lowest BCUT2D eigenvalue weighted by Gasteiger charge is -2.09. The van der Waals surface area contributed by atoms with Crippen molar-refractivity contribution >= 4 is 11.8 Å². The second kappa shape index (κ2) is 5.41. The van der Waals surface area contributed by atoms with Crippen LogP contribution >= 0.6 is 11.8 Å². The minimum Gasteiger partial charge on any atom is -0.392 e. The van der Waals surface area contributed by atoms with Gasteiger partial charge in [0.2, 0.25) is 0 Å². The first-order chi connectivity index (χ1) is 9.01. The fraction of sp³-hybridized carbons (Fsp3) is 0.250. The van der Waals surface area contributed by atoms with Crippen LogP contribution in [0.2, 0.25) is 0 Å². The van der Waals surface area contributed by atoms with Crippen LogP contribution in [0.3, 0.4) is 0 Å². The van der Waals surface area contributed by atoms with Crippen LogP contribution in [0.15, 0.2) is 37.8 Å². The summed E-state index contributed by atoms with van der Waals surface area (Å²) in [6.45, 7) is 1.90. The quantitative estimate of drug-likeness (QED) is 0.795. The minimum atomic E-state index is -0.801. The van der Waals surface area contributed by atoms with E-state index in [-0.39, 0.29) is 6.61 Å². The van der Waals surface area contributed by atoms with Crippen molar-refractivity contribution in [1.82, 2.24) is 14.8 Å². The van der Waals surface area contributed by atoms with E-state index in [4.69, 9.17) is 5.11 Å². The van der Waals surface area contributed by atoms with Crippen molar-refractivity contribution in [3.8, 4) is 0 Å². The highest BCUT2D eigenvalue weighted by Crippen LogP contribution is 2.28. The molecule has 0 atom stereocenters. The maximum atomic E-state index is 11.3. The molecular formula is C12H13N3O3S. The Hall–Kier alpha value is -1.86. The third kappa shape index (κ3) is 2.94. The van der Waals surface area contributed by atoms with Gasteiger partial charge in [0.25, 0.3) is 0 Å². The van der Waals surface area contributed by atoms with Crippen LogP contribution in [0, 0.1) is 6.92 Å². The van der Waals surface area contributed by atoms with Gasteiger partial charge in [0.15, 0.2) is 5.16 Å². The maximum absolute atomic E-state index is 11.3. The number of hydrogen-bond acceptors (Lipinski definition) is 5. The van der Waals surface area contributed by atoms with Crippen LogP contribution in [-0.4, -0.2) is 19.9 Å². The number of benzene rings is 1. The molecule has 100 valence electrons. The van der Waals surface area contributed by atoms with Gasteiger partial charge in [-0.3, -0.25) is 19.4 Å². The summed E-state index contributed by atoms with van der Waals surface area (Å²) in [5, 5.41) is 11.9. The van der Waals surface area contributed by atoms with E-state index in [2.05, 4.69) is 10.1 Å². The summed E-state index contributed by atoms with van der Waals surface area (Å²) < 4.78 is 1.41. The molecule has 1 aromatic carbocycles. The third-order valence-electron chi connectivity index (χ3n) is 2.57. The predicted octanol–water partition coefficient (Wildman–Crippen LogP) is 0.421. The number of nitrogens with zero attached hydrogens (tertiary/aromatic N) is 2. The molecular weight excluding hydrogens is 266 g/mol. The molecule has 1 heterocycles. The fourth-order valence-corrected chi connectivity index (χ4v) is 2.44. The molecule has 2 N–H and O–H groups in total. The molecule has 0 unspecified atom stereocenters. The third-order valence-corrected chi connectivity index (χ3v) is 3.80. The number of aromatic amines is 1. The zero-order valence-electron chi connectivity index (χ0n) is 10.5. The van der Waals surface area contributed by atoms with Crippen LogP contribution in [0.5, 0.6) is 0 Å². The minimum absolute atomic E-state index is 0.0127. The Bertz CT molecular complexity index is 721. The van der Waals surface area contributed by atoms with Gasteiger partial charge in [-0.1, -0.05) is 12.1 Å². The summed E-state index contributed by atoms with van der Waals surface area (Å²) in [4.78, 5) is 27.0. The zero-order valence-corrected chi connectivity index (χ0v) is 11.3. The van der Waals surface area contributed by atoms with Gasteiger partial charge < -0.3 is 5.11 Å². The monoisotopic (exact) mass is 279 g/mol. The second-order valence-electron chi connectivity index (χ2n) is 4.06. The van der Waals surface area contributed by atoms with Crippen molar-refractivity contribution in [2.45, 2.75) is 23.6 Å². The highest BCUT2D eigenvalue weighted by molar-refractivity contribution is 7.99. The number of nitrogens with one attached hydrogen (secondary N) is 1. The van der Waals surface area contributed by atoms with Crippen LogP contribution in [0.25, 0.3) is 0 Å². The maximum Gasteiger partial charge on any atom is 0.339 e. The normalized spacial score (nSPS) is 10.7. The Labute approximate surface area is 113 Å². The molecule has 0 spiro atoms. The van der Waals surface area contributed by atoms with Gasteiger partial charge in [-0.25, -0.2) is 0 Å². The van der Waals surface area contributed by atoms with Gasteiger partial charge in [0, 0.05) is 11.9 Å². The molecule has 2 rings (SSSR count). The largest absolute Gasteiger partial charge is 0.392 e. The van der Waals surface area contributed by atoms with Gasteiger partial charge in [-0.05, 0) is 35.9 Å². The molecule has 0 aliphatic heterocycles. The van der Waals surface area contributed by atoms with E-state index in [0.717, 1.165) is 16.0 Å². The van der Waals surface area contributed by atoms with E-state index < -0.39 is 11.1 Å². The van der Waals surface area contributed by atoms with E-state index in [1.807, 2.05) is 19.1 Å². The lowest BCUT2D eigenvalue weighted by molar-refractivity contribution is 0.281. The van der Waals surface area contributed by atoms with Gasteiger partial charge >= 0.3 is 11.1 Å². The zero-order chi connectivity index (χ0) is 14.0. The molecule has 1 aromatic heterocycles. The summed E-state index contributed by atoms with van der Waals surface area (Å²) in [6.07, 6.45) is 0. The summed E-state index contributed by atoms with van der Waals surface area (Å²) in [5.41, 5.74) is 0.256. The number of aryl methyl sites for hydroxylation is 2. The molecule has 0 radical (unpaired) electrons. The molecule has 0 saturated heterocycles. The lowest BCUT2D eigenvalue weighted by atomic mass is 10.1. The predicted molar refractivity (Wildman–Crippen MR) is 71.3 cm³/mol. The van der Waals surface area contributed by atoms with E-state index in [1.54, 1.807) is 13.1 Å². The topological polar surface area (TPSA) is 88.0 Å². The fourth-order valence-electron chi connectivity index (χ4n) is 1.57. The summed E-state index contributed by atoms with van der Waals surface area (Å²) in [5.74, 6) is 0. The summed E-state index contributed by atoms with van der Waals surface area (Å²) in [6, 6.07) is 5.52. The molecule has 6 nitrogen and oxygen atoms in total. The second-order valence-corrected chi connectivity index (χ2v) is 5.07. The molecule has 2 aromatic rings. The number of hydrogen-bond donors (Lipinski definition) is 2. The van der Waals surface area contributed by atoms with Gasteiger partial charge in [-0.15, -0.1) is 0 Å². The molecule has 0 aliphatic carbocycles. The van der Waals surface area contributed by atoms with Crippen molar-refractivity contribution in [3.63, 3.8) is 0 Å². The standard InChI is InChI=1S/C12H13N3O3S/c1-7-5-8(6-16)3-4-9(7)19-12-13-10(17)11(18)14-15(12)2/h3-5,16H,6H2,1-2H3,(H,14,18). The number of H-pyrrole nitrogens is 1.